The van der Waals surface area contributed by atoms with E-state index in [0.29, 0.717) is 10.9 Å². The number of benzene rings is 2. The molecule has 2 heterocycles. The highest BCUT2D eigenvalue weighted by Crippen LogP contribution is 2.35. The Kier molecular flexibility index (Phi) is 3.77. The van der Waals surface area contributed by atoms with Crippen molar-refractivity contribution in [2.24, 2.45) is 0 Å². The quantitative estimate of drug-likeness (QED) is 0.499. The van der Waals surface area contributed by atoms with Crippen LogP contribution in [0.15, 0.2) is 54.6 Å². The molecule has 0 saturated carbocycles. The van der Waals surface area contributed by atoms with Crippen molar-refractivity contribution in [1.82, 2.24) is 4.98 Å². The highest BCUT2D eigenvalue weighted by molar-refractivity contribution is 7.22. The molecule has 0 radical (unpaired) electrons. The topological polar surface area (TPSA) is 50.2 Å². The molecule has 4 heteroatoms. The molecule has 0 aliphatic rings. The number of rotatable bonds is 3. The van der Waals surface area contributed by atoms with Crippen molar-refractivity contribution in [3.05, 3.63) is 65.7 Å². The van der Waals surface area contributed by atoms with Crippen molar-refractivity contribution in [2.75, 3.05) is 0 Å². The molecule has 0 atom stereocenters. The number of carbonyl (C=O) groups is 1. The van der Waals surface area contributed by atoms with Gasteiger partial charge in [0.2, 0.25) is 0 Å². The third-order valence-electron chi connectivity index (χ3n) is 4.40. The van der Waals surface area contributed by atoms with Crippen LogP contribution in [0, 0.1) is 0 Å². The van der Waals surface area contributed by atoms with Crippen LogP contribution in [0.25, 0.3) is 31.6 Å². The number of carboxylic acid groups (broad SMARTS) is 1. The van der Waals surface area contributed by atoms with Gasteiger partial charge in [-0.1, -0.05) is 50.2 Å². The number of fused-ring (bicyclic) bond motifs is 2. The molecular weight excluding hydrogens is 330 g/mol. The number of aromatic nitrogens is 1. The lowest BCUT2D eigenvalue weighted by atomic mass is 9.97. The summed E-state index contributed by atoms with van der Waals surface area (Å²) in [5.41, 5.74) is 2.88. The zero-order chi connectivity index (χ0) is 17.6. The number of thiophene rings is 1. The van der Waals surface area contributed by atoms with Gasteiger partial charge in [0.25, 0.3) is 0 Å². The summed E-state index contributed by atoms with van der Waals surface area (Å²) in [5.74, 6) is -0.647. The highest BCUT2D eigenvalue weighted by atomic mass is 32.1. The monoisotopic (exact) mass is 347 g/mol. The lowest BCUT2D eigenvalue weighted by molar-refractivity contribution is 0.0699. The first-order valence-corrected chi connectivity index (χ1v) is 9.02. The summed E-state index contributed by atoms with van der Waals surface area (Å²) in [7, 11) is 0. The summed E-state index contributed by atoms with van der Waals surface area (Å²) in [6.45, 7) is 4.20. The molecule has 0 spiro atoms. The summed E-state index contributed by atoms with van der Waals surface area (Å²) in [6, 6.07) is 17.7. The van der Waals surface area contributed by atoms with E-state index in [4.69, 9.17) is 4.98 Å². The van der Waals surface area contributed by atoms with Crippen LogP contribution < -0.4 is 0 Å². The van der Waals surface area contributed by atoms with Crippen molar-refractivity contribution in [3.8, 4) is 10.6 Å². The number of hydrogen-bond acceptors (Lipinski definition) is 3. The Hall–Kier alpha value is -2.72. The minimum atomic E-state index is -0.921. The van der Waals surface area contributed by atoms with Gasteiger partial charge in [0.1, 0.15) is 0 Å². The number of carboxylic acids is 1. The van der Waals surface area contributed by atoms with Crippen molar-refractivity contribution in [1.29, 1.82) is 0 Å². The normalized spacial score (nSPS) is 11.5. The lowest BCUT2D eigenvalue weighted by Gasteiger charge is -2.12. The van der Waals surface area contributed by atoms with Crippen LogP contribution in [0.3, 0.4) is 0 Å². The molecule has 0 aliphatic carbocycles. The lowest BCUT2D eigenvalue weighted by Crippen LogP contribution is -2.02. The van der Waals surface area contributed by atoms with Gasteiger partial charge < -0.3 is 5.11 Å². The fourth-order valence-electron chi connectivity index (χ4n) is 3.15. The summed E-state index contributed by atoms with van der Waals surface area (Å²) >= 11 is 1.64. The molecule has 25 heavy (non-hydrogen) atoms. The van der Waals surface area contributed by atoms with Crippen LogP contribution in [0.1, 0.15) is 35.7 Å². The van der Waals surface area contributed by atoms with E-state index < -0.39 is 5.97 Å². The molecule has 0 fully saturated rings. The van der Waals surface area contributed by atoms with Gasteiger partial charge in [-0.2, -0.15) is 0 Å². The molecule has 0 amide bonds. The van der Waals surface area contributed by atoms with E-state index in [2.05, 4.69) is 32.0 Å². The molecule has 2 aromatic heterocycles. The molecule has 4 rings (SSSR count). The molecular formula is C21H17NO2S. The Labute approximate surface area is 149 Å². The van der Waals surface area contributed by atoms with E-state index in [9.17, 15) is 9.90 Å². The Morgan fingerprint density at radius 1 is 1.08 bits per heavy atom. The van der Waals surface area contributed by atoms with E-state index in [1.54, 1.807) is 17.4 Å². The average Bonchev–Trinajstić information content (AvgIpc) is 3.04. The van der Waals surface area contributed by atoms with Gasteiger partial charge in [-0.15, -0.1) is 11.3 Å². The summed E-state index contributed by atoms with van der Waals surface area (Å²) in [5, 5.41) is 11.5. The third-order valence-corrected chi connectivity index (χ3v) is 5.54. The summed E-state index contributed by atoms with van der Waals surface area (Å²) in [6.07, 6.45) is 0. The van der Waals surface area contributed by atoms with Gasteiger partial charge in [-0.25, -0.2) is 9.78 Å². The maximum atomic E-state index is 11.8. The predicted molar refractivity (Wildman–Crippen MR) is 104 cm³/mol. The number of aromatic carboxylic acids is 1. The van der Waals surface area contributed by atoms with E-state index in [1.807, 2.05) is 30.3 Å². The van der Waals surface area contributed by atoms with E-state index in [1.165, 1.54) is 4.70 Å². The average molecular weight is 347 g/mol. The van der Waals surface area contributed by atoms with Crippen LogP contribution in [0.5, 0.6) is 0 Å². The fraction of sp³-hybridized carbons (Fsp3) is 0.143. The summed E-state index contributed by atoms with van der Waals surface area (Å²) in [4.78, 5) is 17.7. The molecule has 0 unspecified atom stereocenters. The van der Waals surface area contributed by atoms with Crippen LogP contribution in [0.4, 0.5) is 0 Å². The maximum Gasteiger partial charge on any atom is 0.336 e. The smallest absolute Gasteiger partial charge is 0.336 e. The Balaban J connectivity index is 2.04. The van der Waals surface area contributed by atoms with Gasteiger partial charge >= 0.3 is 5.97 Å². The Morgan fingerprint density at radius 2 is 1.88 bits per heavy atom. The highest BCUT2D eigenvalue weighted by Gasteiger charge is 2.17. The zero-order valence-corrected chi connectivity index (χ0v) is 14.8. The van der Waals surface area contributed by atoms with Gasteiger partial charge in [0.05, 0.1) is 21.7 Å². The predicted octanol–water partition coefficient (Wildman–Crippen LogP) is 5.94. The standard InChI is InChI=1S/C21H17NO2S/c1-12(2)14-7-5-8-15-16(21(23)24)11-17(22-20(14)15)19-10-13-6-3-4-9-18(13)25-19/h3-12H,1-2H3,(H,23,24). The first-order chi connectivity index (χ1) is 12.0. The fourth-order valence-corrected chi connectivity index (χ4v) is 4.17. The van der Waals surface area contributed by atoms with Gasteiger partial charge in [0.15, 0.2) is 0 Å². The van der Waals surface area contributed by atoms with Crippen LogP contribution >= 0.6 is 11.3 Å². The second-order valence-electron chi connectivity index (χ2n) is 6.41. The van der Waals surface area contributed by atoms with Crippen molar-refractivity contribution >= 4 is 38.3 Å². The minimum absolute atomic E-state index is 0.274. The van der Waals surface area contributed by atoms with Crippen LogP contribution in [-0.4, -0.2) is 16.1 Å². The van der Waals surface area contributed by atoms with Crippen molar-refractivity contribution < 1.29 is 9.90 Å². The molecule has 0 aliphatic heterocycles. The van der Waals surface area contributed by atoms with E-state index in [-0.39, 0.29) is 5.92 Å². The Morgan fingerprint density at radius 3 is 2.60 bits per heavy atom. The van der Waals surface area contributed by atoms with Gasteiger partial charge in [0, 0.05) is 10.1 Å². The Bertz CT molecular complexity index is 1080. The number of pyridine rings is 1. The molecule has 124 valence electrons. The van der Waals surface area contributed by atoms with Crippen LogP contribution in [0.2, 0.25) is 0 Å². The van der Waals surface area contributed by atoms with E-state index in [0.717, 1.165) is 27.0 Å². The molecule has 0 saturated heterocycles. The molecule has 2 aromatic carbocycles. The third kappa shape index (κ3) is 2.68. The number of hydrogen-bond donors (Lipinski definition) is 1. The molecule has 0 bridgehead atoms. The SMILES string of the molecule is CC(C)c1cccc2c(C(=O)O)cc(-c3cc4ccccc4s3)nc12. The number of para-hydroxylation sites is 1. The van der Waals surface area contributed by atoms with Crippen molar-refractivity contribution in [2.45, 2.75) is 19.8 Å². The zero-order valence-electron chi connectivity index (χ0n) is 14.0. The summed E-state index contributed by atoms with van der Waals surface area (Å²) < 4.78 is 1.17. The minimum Gasteiger partial charge on any atom is -0.478 e. The second-order valence-corrected chi connectivity index (χ2v) is 7.49. The molecule has 3 nitrogen and oxygen atoms in total. The molecule has 1 N–H and O–H groups in total. The van der Waals surface area contributed by atoms with Crippen LogP contribution in [-0.2, 0) is 0 Å². The van der Waals surface area contributed by atoms with E-state index >= 15 is 0 Å². The first kappa shape index (κ1) is 15.8. The van der Waals surface area contributed by atoms with Gasteiger partial charge in [-0.05, 0) is 35.1 Å². The first-order valence-electron chi connectivity index (χ1n) is 8.20. The van der Waals surface area contributed by atoms with Gasteiger partial charge in [-0.3, -0.25) is 0 Å². The maximum absolute atomic E-state index is 11.8. The largest absolute Gasteiger partial charge is 0.478 e. The second kappa shape index (κ2) is 5.97. The molecule has 4 aromatic rings. The van der Waals surface area contributed by atoms with Crippen molar-refractivity contribution in [3.63, 3.8) is 0 Å². The number of nitrogens with zero attached hydrogens (tertiary/aromatic N) is 1.